The first kappa shape index (κ1) is 25.0. The molecule has 9 heteroatoms. The Morgan fingerprint density at radius 1 is 1.25 bits per heavy atom. The highest BCUT2D eigenvalue weighted by molar-refractivity contribution is 6.01. The maximum atomic E-state index is 13.1. The molecule has 1 heterocycles. The molecule has 174 valence electrons. The number of amides is 4. The van der Waals surface area contributed by atoms with Crippen LogP contribution in [0.1, 0.15) is 33.6 Å². The lowest BCUT2D eigenvalue weighted by Crippen LogP contribution is -2.45. The summed E-state index contributed by atoms with van der Waals surface area (Å²) in [6.07, 6.45) is 3.43. The van der Waals surface area contributed by atoms with Crippen LogP contribution in [-0.4, -0.2) is 66.2 Å². The maximum absolute atomic E-state index is 13.1. The zero-order valence-electron chi connectivity index (χ0n) is 18.9. The van der Waals surface area contributed by atoms with E-state index in [0.717, 1.165) is 0 Å². The van der Waals surface area contributed by atoms with E-state index >= 15 is 0 Å². The van der Waals surface area contributed by atoms with Crippen LogP contribution in [0.15, 0.2) is 35.9 Å². The van der Waals surface area contributed by atoms with Gasteiger partial charge in [0.25, 0.3) is 0 Å². The summed E-state index contributed by atoms with van der Waals surface area (Å²) in [5, 5.41) is 5.09. The summed E-state index contributed by atoms with van der Waals surface area (Å²) in [5.74, 6) is -1.22. The number of likely N-dealkylation sites (N-methyl/N-ethyl adjacent to an activating group) is 1. The minimum Gasteiger partial charge on any atom is -0.350 e. The molecular formula is C23H31FN4O4. The largest absolute Gasteiger partial charge is 0.350 e. The molecule has 1 aromatic carbocycles. The first-order valence-corrected chi connectivity index (χ1v) is 10.6. The van der Waals surface area contributed by atoms with Crippen LogP contribution in [0.2, 0.25) is 0 Å². The highest BCUT2D eigenvalue weighted by atomic mass is 19.1. The number of benzene rings is 1. The van der Waals surface area contributed by atoms with Crippen LogP contribution >= 0.6 is 0 Å². The van der Waals surface area contributed by atoms with Gasteiger partial charge in [-0.2, -0.15) is 0 Å². The molecule has 0 aromatic heterocycles. The van der Waals surface area contributed by atoms with Crippen LogP contribution in [0.25, 0.3) is 0 Å². The summed E-state index contributed by atoms with van der Waals surface area (Å²) in [6.45, 7) is 5.87. The number of halogens is 1. The molecule has 0 radical (unpaired) electrons. The van der Waals surface area contributed by atoms with E-state index in [1.54, 1.807) is 20.0 Å². The van der Waals surface area contributed by atoms with Crippen molar-refractivity contribution in [1.82, 2.24) is 15.1 Å². The van der Waals surface area contributed by atoms with Crippen LogP contribution in [-0.2, 0) is 19.2 Å². The number of hydrogen-bond donors (Lipinski definition) is 2. The standard InChI is InChI=1S/C23H31FN4O4/c1-15(2)20(27(4)21(30)13-25-14-29)12-16(3)23(32)28-11-5-6-19(28)22(31)26-18-9-7-17(24)8-10-18/h7-10,12,14-15,19-20H,5-6,11,13H2,1-4H3,(H,25,29)(H,26,31)/b16-12+/t19-,20+/m0/s1. The third kappa shape index (κ3) is 6.38. The number of anilines is 1. The van der Waals surface area contributed by atoms with Crippen molar-refractivity contribution in [2.24, 2.45) is 5.92 Å². The Balaban J connectivity index is 2.12. The van der Waals surface area contributed by atoms with Gasteiger partial charge in [-0.15, -0.1) is 0 Å². The molecule has 1 aliphatic heterocycles. The molecule has 32 heavy (non-hydrogen) atoms. The highest BCUT2D eigenvalue weighted by Crippen LogP contribution is 2.23. The van der Waals surface area contributed by atoms with Crippen molar-refractivity contribution in [3.05, 3.63) is 41.7 Å². The second kappa shape index (κ2) is 11.4. The predicted octanol–water partition coefficient (Wildman–Crippen LogP) is 1.93. The van der Waals surface area contributed by atoms with Crippen molar-refractivity contribution in [3.8, 4) is 0 Å². The zero-order chi connectivity index (χ0) is 23.8. The summed E-state index contributed by atoms with van der Waals surface area (Å²) in [6, 6.07) is 4.49. The molecule has 0 bridgehead atoms. The van der Waals surface area contributed by atoms with Crippen LogP contribution in [0.3, 0.4) is 0 Å². The molecule has 2 rings (SSSR count). The van der Waals surface area contributed by atoms with Crippen LogP contribution in [0.4, 0.5) is 10.1 Å². The Morgan fingerprint density at radius 2 is 1.91 bits per heavy atom. The first-order valence-electron chi connectivity index (χ1n) is 10.6. The van der Waals surface area contributed by atoms with E-state index in [9.17, 15) is 23.6 Å². The number of nitrogens with zero attached hydrogens (tertiary/aromatic N) is 2. The molecule has 0 saturated carbocycles. The second-order valence-electron chi connectivity index (χ2n) is 8.24. The van der Waals surface area contributed by atoms with Gasteiger partial charge >= 0.3 is 0 Å². The Labute approximate surface area is 187 Å². The molecule has 0 aliphatic carbocycles. The molecule has 1 fully saturated rings. The lowest BCUT2D eigenvalue weighted by Gasteiger charge is -2.30. The third-order valence-electron chi connectivity index (χ3n) is 5.55. The molecule has 0 unspecified atom stereocenters. The molecule has 1 aromatic rings. The van der Waals surface area contributed by atoms with Crippen molar-refractivity contribution in [1.29, 1.82) is 0 Å². The van der Waals surface area contributed by atoms with Gasteiger partial charge in [-0.1, -0.05) is 19.9 Å². The fraction of sp³-hybridized carbons (Fsp3) is 0.478. The van der Waals surface area contributed by atoms with Gasteiger partial charge in [0.1, 0.15) is 11.9 Å². The number of carbonyl (C=O) groups is 4. The SMILES string of the molecule is C/C(=C\[C@H](C(C)C)N(C)C(=O)CNC=O)C(=O)N1CCC[C@H]1C(=O)Nc1ccc(F)cc1. The topological polar surface area (TPSA) is 98.8 Å². The van der Waals surface area contributed by atoms with Crippen LogP contribution in [0, 0.1) is 11.7 Å². The normalized spacial score (nSPS) is 17.1. The molecule has 4 amide bonds. The monoisotopic (exact) mass is 446 g/mol. The fourth-order valence-corrected chi connectivity index (χ4v) is 3.77. The van der Waals surface area contributed by atoms with E-state index in [0.29, 0.717) is 37.1 Å². The first-order chi connectivity index (χ1) is 15.1. The molecule has 1 saturated heterocycles. The lowest BCUT2D eigenvalue weighted by atomic mass is 9.99. The van der Waals surface area contributed by atoms with Gasteiger partial charge in [-0.3, -0.25) is 19.2 Å². The van der Waals surface area contributed by atoms with E-state index in [2.05, 4.69) is 10.6 Å². The average Bonchev–Trinajstić information content (AvgIpc) is 3.26. The molecule has 8 nitrogen and oxygen atoms in total. The van der Waals surface area contributed by atoms with E-state index in [1.165, 1.54) is 34.1 Å². The summed E-state index contributed by atoms with van der Waals surface area (Å²) in [4.78, 5) is 51.7. The Hall–Kier alpha value is -3.23. The molecule has 2 atom stereocenters. The van der Waals surface area contributed by atoms with Gasteiger partial charge in [0.2, 0.25) is 24.1 Å². The third-order valence-corrected chi connectivity index (χ3v) is 5.55. The lowest BCUT2D eigenvalue weighted by molar-refractivity contribution is -0.133. The summed E-state index contributed by atoms with van der Waals surface area (Å²) in [5.41, 5.74) is 0.903. The Kier molecular flexibility index (Phi) is 8.92. The van der Waals surface area contributed by atoms with Crippen molar-refractivity contribution in [2.45, 2.75) is 45.7 Å². The zero-order valence-corrected chi connectivity index (χ0v) is 18.9. The van der Waals surface area contributed by atoms with Gasteiger partial charge in [-0.25, -0.2) is 4.39 Å². The summed E-state index contributed by atoms with van der Waals surface area (Å²) in [7, 11) is 1.63. The number of rotatable bonds is 9. The van der Waals surface area contributed by atoms with Crippen molar-refractivity contribution in [3.63, 3.8) is 0 Å². The highest BCUT2D eigenvalue weighted by Gasteiger charge is 2.35. The molecule has 2 N–H and O–H groups in total. The smallest absolute Gasteiger partial charge is 0.249 e. The van der Waals surface area contributed by atoms with E-state index in [1.807, 2.05) is 13.8 Å². The van der Waals surface area contributed by atoms with Gasteiger partial charge < -0.3 is 20.4 Å². The molecule has 0 spiro atoms. The van der Waals surface area contributed by atoms with Crippen LogP contribution in [0.5, 0.6) is 0 Å². The average molecular weight is 447 g/mol. The van der Waals surface area contributed by atoms with Gasteiger partial charge in [0.15, 0.2) is 0 Å². The maximum Gasteiger partial charge on any atom is 0.249 e. The van der Waals surface area contributed by atoms with E-state index in [-0.39, 0.29) is 36.2 Å². The van der Waals surface area contributed by atoms with Crippen molar-refractivity contribution >= 4 is 29.8 Å². The van der Waals surface area contributed by atoms with E-state index in [4.69, 9.17) is 0 Å². The summed E-state index contributed by atoms with van der Waals surface area (Å²) < 4.78 is 13.1. The van der Waals surface area contributed by atoms with Gasteiger partial charge in [0, 0.05) is 24.9 Å². The number of carbonyl (C=O) groups excluding carboxylic acids is 4. The van der Waals surface area contributed by atoms with Gasteiger partial charge in [0.05, 0.1) is 12.6 Å². The predicted molar refractivity (Wildman–Crippen MR) is 119 cm³/mol. The molecular weight excluding hydrogens is 415 g/mol. The van der Waals surface area contributed by atoms with E-state index < -0.39 is 11.9 Å². The summed E-state index contributed by atoms with van der Waals surface area (Å²) >= 11 is 0. The van der Waals surface area contributed by atoms with Crippen molar-refractivity contribution in [2.75, 3.05) is 25.5 Å². The number of likely N-dealkylation sites (tertiary alicyclic amines) is 1. The Morgan fingerprint density at radius 3 is 2.50 bits per heavy atom. The number of nitrogens with one attached hydrogen (secondary N) is 2. The quantitative estimate of drug-likeness (QED) is 0.447. The Bertz CT molecular complexity index is 869. The van der Waals surface area contributed by atoms with Crippen LogP contribution < -0.4 is 10.6 Å². The van der Waals surface area contributed by atoms with Gasteiger partial charge in [-0.05, 0) is 49.9 Å². The minimum atomic E-state index is -0.621. The fourth-order valence-electron chi connectivity index (χ4n) is 3.77. The number of hydrogen-bond acceptors (Lipinski definition) is 4. The second-order valence-corrected chi connectivity index (χ2v) is 8.24. The molecule has 1 aliphatic rings. The van der Waals surface area contributed by atoms with Crippen molar-refractivity contribution < 1.29 is 23.6 Å². The minimum absolute atomic E-state index is 0.0269.